The number of hydrogen-bond donors (Lipinski definition) is 4. The van der Waals surface area contributed by atoms with Crippen LogP contribution in [-0.4, -0.2) is 66.6 Å². The van der Waals surface area contributed by atoms with E-state index in [0.29, 0.717) is 9.99 Å². The van der Waals surface area contributed by atoms with Gasteiger partial charge in [0, 0.05) is 0 Å². The molecule has 0 unspecified atom stereocenters. The van der Waals surface area contributed by atoms with E-state index in [1.807, 2.05) is 0 Å². The molecule has 0 aromatic carbocycles. The zero-order valence-electron chi connectivity index (χ0n) is 12.3. The quantitative estimate of drug-likeness (QED) is 0.527. The van der Waals surface area contributed by atoms with Gasteiger partial charge in [0.1, 0.15) is 27.8 Å². The predicted octanol–water partition coefficient (Wildman–Crippen LogP) is -0.819. The number of hydrogen-bond acceptors (Lipinski definition) is 9. The fourth-order valence-corrected chi connectivity index (χ4v) is 3.16. The number of aliphatic hydroxyl groups is 3. The summed E-state index contributed by atoms with van der Waals surface area (Å²) in [4.78, 5) is 8.08. The third kappa shape index (κ3) is 2.35. The zero-order chi connectivity index (χ0) is 16.9. The second kappa shape index (κ2) is 5.53. The minimum Gasteiger partial charge on any atom is -0.480 e. The Morgan fingerprint density at radius 2 is 2.17 bits per heavy atom. The van der Waals surface area contributed by atoms with E-state index in [-0.39, 0.29) is 17.5 Å². The lowest BCUT2D eigenvalue weighted by Crippen LogP contribution is -2.44. The summed E-state index contributed by atoms with van der Waals surface area (Å²) in [6.45, 7) is 0.940. The van der Waals surface area contributed by atoms with Gasteiger partial charge in [-0.1, -0.05) is 0 Å². The molecule has 0 saturated carbocycles. The number of rotatable bonds is 3. The van der Waals surface area contributed by atoms with Crippen LogP contribution in [-0.2, 0) is 4.74 Å². The lowest BCUT2D eigenvalue weighted by Gasteiger charge is -2.26. The molecule has 3 rings (SSSR count). The molecule has 1 aliphatic heterocycles. The maximum Gasteiger partial charge on any atom is 0.230 e. The maximum atomic E-state index is 10.6. The molecular formula is C12H16BrN5O5. The number of anilines is 1. The van der Waals surface area contributed by atoms with Crippen molar-refractivity contribution >= 4 is 32.9 Å². The monoisotopic (exact) mass is 389 g/mol. The summed E-state index contributed by atoms with van der Waals surface area (Å²) in [6, 6.07) is 0. The molecule has 23 heavy (non-hydrogen) atoms. The summed E-state index contributed by atoms with van der Waals surface area (Å²) in [5, 5.41) is 34.6. The first-order valence-corrected chi connectivity index (χ1v) is 7.52. The third-order valence-electron chi connectivity index (χ3n) is 3.84. The lowest BCUT2D eigenvalue weighted by molar-refractivity contribution is -0.100. The molecule has 2 aromatic rings. The van der Waals surface area contributed by atoms with Crippen molar-refractivity contribution in [1.29, 1.82) is 0 Å². The fourth-order valence-electron chi connectivity index (χ4n) is 2.64. The Kier molecular flexibility index (Phi) is 3.92. The minimum absolute atomic E-state index is 0.0418. The molecule has 10 nitrogen and oxygen atoms in total. The number of aliphatic hydroxyl groups excluding tert-OH is 2. The summed E-state index contributed by atoms with van der Waals surface area (Å²) < 4.78 is 12.4. The van der Waals surface area contributed by atoms with Gasteiger partial charge < -0.3 is 30.5 Å². The van der Waals surface area contributed by atoms with Crippen LogP contribution >= 0.6 is 15.9 Å². The summed E-state index contributed by atoms with van der Waals surface area (Å²) >= 11 is 3.28. The van der Waals surface area contributed by atoms with Crippen LogP contribution in [0.5, 0.6) is 5.88 Å². The molecule has 1 fully saturated rings. The third-order valence-corrected chi connectivity index (χ3v) is 4.40. The van der Waals surface area contributed by atoms with E-state index >= 15 is 0 Å². The normalized spacial score (nSPS) is 31.0. The molecule has 1 aliphatic rings. The SMILES string of the molecule is COc1nc(N)nc2c1c(Br)nn2[C@@H]1O[C@H](CO)[C@@H](O)[C@@]1(C)O. The molecule has 2 aromatic heterocycles. The zero-order valence-corrected chi connectivity index (χ0v) is 13.9. The number of fused-ring (bicyclic) bond motifs is 1. The van der Waals surface area contributed by atoms with Crippen LogP contribution in [0, 0.1) is 0 Å². The van der Waals surface area contributed by atoms with E-state index in [4.69, 9.17) is 15.2 Å². The number of nitrogen functional groups attached to an aromatic ring is 1. The number of aromatic nitrogens is 4. The minimum atomic E-state index is -1.70. The molecule has 3 heterocycles. The van der Waals surface area contributed by atoms with Crippen LogP contribution in [0.1, 0.15) is 13.2 Å². The van der Waals surface area contributed by atoms with Crippen LogP contribution in [0.3, 0.4) is 0 Å². The van der Waals surface area contributed by atoms with Gasteiger partial charge in [-0.25, -0.2) is 4.68 Å². The highest BCUT2D eigenvalue weighted by Gasteiger charge is 2.54. The van der Waals surface area contributed by atoms with Crippen molar-refractivity contribution in [3.8, 4) is 5.88 Å². The molecule has 0 radical (unpaired) electrons. The lowest BCUT2D eigenvalue weighted by atomic mass is 9.97. The first kappa shape index (κ1) is 16.3. The van der Waals surface area contributed by atoms with Crippen molar-refractivity contribution in [2.45, 2.75) is 31.0 Å². The van der Waals surface area contributed by atoms with E-state index < -0.39 is 30.6 Å². The first-order chi connectivity index (χ1) is 10.8. The predicted molar refractivity (Wildman–Crippen MR) is 81.6 cm³/mol. The first-order valence-electron chi connectivity index (χ1n) is 6.73. The van der Waals surface area contributed by atoms with Gasteiger partial charge in [0.05, 0.1) is 13.7 Å². The molecule has 0 bridgehead atoms. The van der Waals surface area contributed by atoms with Gasteiger partial charge in [-0.15, -0.1) is 0 Å². The highest BCUT2D eigenvalue weighted by Crippen LogP contribution is 2.41. The molecule has 1 saturated heterocycles. The highest BCUT2D eigenvalue weighted by atomic mass is 79.9. The number of ether oxygens (including phenoxy) is 2. The van der Waals surface area contributed by atoms with Crippen LogP contribution in [0.4, 0.5) is 5.95 Å². The molecule has 126 valence electrons. The second-order valence-corrected chi connectivity index (χ2v) is 6.16. The Balaban J connectivity index is 2.20. The van der Waals surface area contributed by atoms with Crippen LogP contribution in [0.2, 0.25) is 0 Å². The molecule has 0 aliphatic carbocycles. The summed E-state index contributed by atoms with van der Waals surface area (Å²) in [7, 11) is 1.43. The van der Waals surface area contributed by atoms with Gasteiger partial charge >= 0.3 is 0 Å². The fraction of sp³-hybridized carbons (Fsp3) is 0.583. The van der Waals surface area contributed by atoms with Gasteiger partial charge in [-0.3, -0.25) is 0 Å². The Hall–Kier alpha value is -1.53. The Morgan fingerprint density at radius 1 is 1.48 bits per heavy atom. The Labute approximate surface area is 139 Å². The summed E-state index contributed by atoms with van der Waals surface area (Å²) in [5.74, 6) is 0.169. The van der Waals surface area contributed by atoms with Gasteiger partial charge in [-0.2, -0.15) is 15.1 Å². The average molecular weight is 390 g/mol. The number of nitrogens with two attached hydrogens (primary N) is 1. The second-order valence-electron chi connectivity index (χ2n) is 5.41. The number of halogens is 1. The molecule has 4 atom stereocenters. The van der Waals surface area contributed by atoms with Crippen molar-refractivity contribution in [1.82, 2.24) is 19.7 Å². The van der Waals surface area contributed by atoms with Gasteiger partial charge in [0.15, 0.2) is 11.9 Å². The number of nitrogens with zero attached hydrogens (tertiary/aromatic N) is 4. The van der Waals surface area contributed by atoms with Crippen molar-refractivity contribution < 1.29 is 24.8 Å². The maximum absolute atomic E-state index is 10.6. The summed E-state index contributed by atoms with van der Waals surface area (Å²) in [5.41, 5.74) is 4.24. The largest absolute Gasteiger partial charge is 0.480 e. The van der Waals surface area contributed by atoms with Crippen LogP contribution in [0.15, 0.2) is 4.60 Å². The average Bonchev–Trinajstić information content (AvgIpc) is 2.94. The van der Waals surface area contributed by atoms with Crippen LogP contribution < -0.4 is 10.5 Å². The topological polar surface area (TPSA) is 149 Å². The van der Waals surface area contributed by atoms with Gasteiger partial charge in [0.2, 0.25) is 11.8 Å². The Bertz CT molecular complexity index is 751. The standard InChI is InChI=1S/C12H16BrN5O5/c1-12(21)6(20)4(3-19)23-10(12)18-8-5(7(13)17-18)9(22-2)16-11(14)15-8/h4,6,10,19-21H,3H2,1-2H3,(H2,14,15,16)/t4-,6-,10-,12-/m1/s1. The van der Waals surface area contributed by atoms with Gasteiger partial charge in [-0.05, 0) is 22.9 Å². The van der Waals surface area contributed by atoms with Gasteiger partial charge in [0.25, 0.3) is 0 Å². The van der Waals surface area contributed by atoms with E-state index in [1.54, 1.807) is 0 Å². The van der Waals surface area contributed by atoms with E-state index in [2.05, 4.69) is 31.0 Å². The molecule has 0 spiro atoms. The molecular weight excluding hydrogens is 374 g/mol. The van der Waals surface area contributed by atoms with Crippen LogP contribution in [0.25, 0.3) is 11.0 Å². The molecule has 11 heteroatoms. The van der Waals surface area contributed by atoms with Crippen molar-refractivity contribution in [3.05, 3.63) is 4.60 Å². The Morgan fingerprint density at radius 3 is 2.74 bits per heavy atom. The summed E-state index contributed by atoms with van der Waals surface area (Å²) in [6.07, 6.45) is -3.33. The highest BCUT2D eigenvalue weighted by molar-refractivity contribution is 9.10. The smallest absolute Gasteiger partial charge is 0.230 e. The van der Waals surface area contributed by atoms with E-state index in [9.17, 15) is 15.3 Å². The van der Waals surface area contributed by atoms with Crippen molar-refractivity contribution in [2.24, 2.45) is 0 Å². The number of methoxy groups -OCH3 is 1. The molecule has 5 N–H and O–H groups in total. The molecule has 0 amide bonds. The van der Waals surface area contributed by atoms with E-state index in [0.717, 1.165) is 0 Å². The van der Waals surface area contributed by atoms with Crippen molar-refractivity contribution in [2.75, 3.05) is 19.5 Å². The van der Waals surface area contributed by atoms with Crippen molar-refractivity contribution in [3.63, 3.8) is 0 Å². The van der Waals surface area contributed by atoms with E-state index in [1.165, 1.54) is 18.7 Å².